The van der Waals surface area contributed by atoms with Crippen molar-refractivity contribution in [2.75, 3.05) is 18.4 Å². The molecule has 0 fully saturated rings. The standard InChI is InChI=1S/C20H22Cl2N2O5S/c1-4-24(5-2)30(27,28)18-12-14(6-11-17(18)22)20(26)29-13(3)19(25)23-16-9-7-15(21)8-10-16/h6-13H,4-5H2,1-3H3,(H,23,25)/t13-/m1/s1. The maximum Gasteiger partial charge on any atom is 0.338 e. The van der Waals surface area contributed by atoms with Gasteiger partial charge in [0, 0.05) is 23.8 Å². The summed E-state index contributed by atoms with van der Waals surface area (Å²) in [5.41, 5.74) is 0.461. The molecule has 10 heteroatoms. The van der Waals surface area contributed by atoms with Crippen molar-refractivity contribution in [2.24, 2.45) is 0 Å². The number of anilines is 1. The second-order valence-corrected chi connectivity index (χ2v) is 9.03. The molecule has 2 aromatic carbocycles. The maximum absolute atomic E-state index is 12.8. The van der Waals surface area contributed by atoms with Gasteiger partial charge in [0.15, 0.2) is 6.10 Å². The van der Waals surface area contributed by atoms with Crippen molar-refractivity contribution >= 4 is 50.8 Å². The molecule has 1 atom stereocenters. The fraction of sp³-hybridized carbons (Fsp3) is 0.300. The number of hydrogen-bond donors (Lipinski definition) is 1. The van der Waals surface area contributed by atoms with Crippen molar-refractivity contribution in [3.63, 3.8) is 0 Å². The first-order chi connectivity index (χ1) is 14.1. The molecule has 1 amide bonds. The van der Waals surface area contributed by atoms with Crippen LogP contribution in [0.4, 0.5) is 5.69 Å². The van der Waals surface area contributed by atoms with Crippen molar-refractivity contribution in [1.29, 1.82) is 0 Å². The molecule has 0 spiro atoms. The first kappa shape index (κ1) is 24.1. The van der Waals surface area contributed by atoms with E-state index in [9.17, 15) is 18.0 Å². The predicted octanol–water partition coefficient (Wildman–Crippen LogP) is 4.21. The number of halogens is 2. The van der Waals surface area contributed by atoms with E-state index in [2.05, 4.69) is 5.32 Å². The first-order valence-corrected chi connectivity index (χ1v) is 11.4. The van der Waals surface area contributed by atoms with Crippen LogP contribution in [-0.2, 0) is 19.6 Å². The van der Waals surface area contributed by atoms with Crippen LogP contribution in [0.2, 0.25) is 10.0 Å². The van der Waals surface area contributed by atoms with Gasteiger partial charge in [0.1, 0.15) is 4.90 Å². The van der Waals surface area contributed by atoms with E-state index in [0.29, 0.717) is 10.7 Å². The lowest BCUT2D eigenvalue weighted by Gasteiger charge is -2.20. The maximum atomic E-state index is 12.8. The number of sulfonamides is 1. The Morgan fingerprint density at radius 3 is 2.23 bits per heavy atom. The Labute approximate surface area is 186 Å². The van der Waals surface area contributed by atoms with Gasteiger partial charge < -0.3 is 10.1 Å². The summed E-state index contributed by atoms with van der Waals surface area (Å²) in [6.07, 6.45) is -1.12. The zero-order valence-corrected chi connectivity index (χ0v) is 19.0. The van der Waals surface area contributed by atoms with E-state index in [-0.39, 0.29) is 28.6 Å². The molecule has 0 aliphatic rings. The number of nitrogens with zero attached hydrogens (tertiary/aromatic N) is 1. The van der Waals surface area contributed by atoms with Crippen molar-refractivity contribution in [3.8, 4) is 0 Å². The van der Waals surface area contributed by atoms with Crippen LogP contribution < -0.4 is 5.32 Å². The van der Waals surface area contributed by atoms with E-state index in [1.807, 2.05) is 0 Å². The molecule has 0 aliphatic heterocycles. The van der Waals surface area contributed by atoms with Crippen LogP contribution in [0.1, 0.15) is 31.1 Å². The normalized spacial score (nSPS) is 12.5. The van der Waals surface area contributed by atoms with Gasteiger partial charge >= 0.3 is 5.97 Å². The van der Waals surface area contributed by atoms with E-state index in [1.54, 1.807) is 38.1 Å². The van der Waals surface area contributed by atoms with Crippen LogP contribution >= 0.6 is 23.2 Å². The Morgan fingerprint density at radius 2 is 1.67 bits per heavy atom. The van der Waals surface area contributed by atoms with E-state index in [4.69, 9.17) is 27.9 Å². The van der Waals surface area contributed by atoms with Gasteiger partial charge in [-0.2, -0.15) is 4.31 Å². The van der Waals surface area contributed by atoms with Gasteiger partial charge in [-0.15, -0.1) is 0 Å². The molecule has 0 saturated carbocycles. The van der Waals surface area contributed by atoms with Crippen LogP contribution in [0.15, 0.2) is 47.4 Å². The summed E-state index contributed by atoms with van der Waals surface area (Å²) in [5.74, 6) is -1.39. The molecule has 0 aromatic heterocycles. The molecule has 0 aliphatic carbocycles. The van der Waals surface area contributed by atoms with E-state index < -0.39 is 28.0 Å². The van der Waals surface area contributed by atoms with Crippen molar-refractivity contribution < 1.29 is 22.7 Å². The number of benzene rings is 2. The smallest absolute Gasteiger partial charge is 0.338 e. The van der Waals surface area contributed by atoms with Crippen LogP contribution in [-0.4, -0.2) is 43.8 Å². The topological polar surface area (TPSA) is 92.8 Å². The van der Waals surface area contributed by atoms with Gasteiger partial charge in [-0.3, -0.25) is 4.79 Å². The van der Waals surface area contributed by atoms with Crippen LogP contribution in [0.25, 0.3) is 0 Å². The van der Waals surface area contributed by atoms with Crippen LogP contribution in [0.3, 0.4) is 0 Å². The third kappa shape index (κ3) is 5.72. The molecule has 7 nitrogen and oxygen atoms in total. The van der Waals surface area contributed by atoms with E-state index >= 15 is 0 Å². The fourth-order valence-corrected chi connectivity index (χ4v) is 4.67. The minimum atomic E-state index is -3.87. The molecule has 30 heavy (non-hydrogen) atoms. The lowest BCUT2D eigenvalue weighted by atomic mass is 10.2. The summed E-state index contributed by atoms with van der Waals surface area (Å²) in [7, 11) is -3.87. The molecular formula is C20H22Cl2N2O5S. The second-order valence-electron chi connectivity index (χ2n) is 6.28. The lowest BCUT2D eigenvalue weighted by Crippen LogP contribution is -2.31. The highest BCUT2D eigenvalue weighted by atomic mass is 35.5. The quantitative estimate of drug-likeness (QED) is 0.580. The molecule has 0 radical (unpaired) electrons. The number of ether oxygens (including phenoxy) is 1. The van der Waals surface area contributed by atoms with Crippen molar-refractivity contribution in [1.82, 2.24) is 4.31 Å². The number of carbonyl (C=O) groups excluding carboxylic acids is 2. The summed E-state index contributed by atoms with van der Waals surface area (Å²) in [5, 5.41) is 3.11. The Kier molecular flexibility index (Phi) is 8.25. The predicted molar refractivity (Wildman–Crippen MR) is 117 cm³/mol. The Morgan fingerprint density at radius 1 is 1.07 bits per heavy atom. The number of nitrogens with one attached hydrogen (secondary N) is 1. The molecular weight excluding hydrogens is 451 g/mol. The SMILES string of the molecule is CCN(CC)S(=O)(=O)c1cc(C(=O)O[C@H](C)C(=O)Nc2ccc(Cl)cc2)ccc1Cl. The number of amides is 1. The van der Waals surface area contributed by atoms with Crippen LogP contribution in [0, 0.1) is 0 Å². The fourth-order valence-electron chi connectivity index (χ4n) is 2.59. The minimum absolute atomic E-state index is 0.00743. The molecule has 0 bridgehead atoms. The van der Waals surface area contributed by atoms with Gasteiger partial charge in [0.05, 0.1) is 10.6 Å². The Hall–Kier alpha value is -2.13. The summed E-state index contributed by atoms with van der Waals surface area (Å²) in [6, 6.07) is 10.3. The molecule has 0 unspecified atom stereocenters. The third-order valence-corrected chi connectivity index (χ3v) is 7.04. The molecule has 162 valence electrons. The number of carbonyl (C=O) groups is 2. The number of esters is 1. The number of rotatable bonds is 8. The van der Waals surface area contributed by atoms with Gasteiger partial charge in [-0.05, 0) is 49.4 Å². The largest absolute Gasteiger partial charge is 0.449 e. The van der Waals surface area contributed by atoms with Gasteiger partial charge in [-0.25, -0.2) is 13.2 Å². The summed E-state index contributed by atoms with van der Waals surface area (Å²) in [6.45, 7) is 5.33. The lowest BCUT2D eigenvalue weighted by molar-refractivity contribution is -0.123. The van der Waals surface area contributed by atoms with Crippen molar-refractivity contribution in [2.45, 2.75) is 31.8 Å². The van der Waals surface area contributed by atoms with Crippen LogP contribution in [0.5, 0.6) is 0 Å². The summed E-state index contributed by atoms with van der Waals surface area (Å²) < 4.78 is 31.9. The average Bonchev–Trinajstić information content (AvgIpc) is 2.70. The van der Waals surface area contributed by atoms with Gasteiger partial charge in [-0.1, -0.05) is 37.0 Å². The highest BCUT2D eigenvalue weighted by Gasteiger charge is 2.27. The van der Waals surface area contributed by atoms with E-state index in [0.717, 1.165) is 6.07 Å². The zero-order valence-electron chi connectivity index (χ0n) is 16.7. The van der Waals surface area contributed by atoms with Gasteiger partial charge in [0.25, 0.3) is 5.91 Å². The summed E-state index contributed by atoms with van der Waals surface area (Å²) >= 11 is 11.9. The average molecular weight is 473 g/mol. The Bertz CT molecular complexity index is 1020. The summed E-state index contributed by atoms with van der Waals surface area (Å²) in [4.78, 5) is 24.6. The monoisotopic (exact) mass is 472 g/mol. The molecule has 2 rings (SSSR count). The minimum Gasteiger partial charge on any atom is -0.449 e. The Balaban J connectivity index is 2.16. The second kappa shape index (κ2) is 10.3. The molecule has 1 N–H and O–H groups in total. The molecule has 2 aromatic rings. The third-order valence-electron chi connectivity index (χ3n) is 4.25. The highest BCUT2D eigenvalue weighted by Crippen LogP contribution is 2.26. The zero-order chi connectivity index (χ0) is 22.5. The first-order valence-electron chi connectivity index (χ1n) is 9.17. The highest BCUT2D eigenvalue weighted by molar-refractivity contribution is 7.89. The number of hydrogen-bond acceptors (Lipinski definition) is 5. The van der Waals surface area contributed by atoms with Crippen molar-refractivity contribution in [3.05, 3.63) is 58.1 Å². The molecule has 0 saturated heterocycles. The van der Waals surface area contributed by atoms with E-state index in [1.165, 1.54) is 23.4 Å². The molecule has 0 heterocycles. The van der Waals surface area contributed by atoms with Gasteiger partial charge in [0.2, 0.25) is 10.0 Å².